The molecule has 0 saturated heterocycles. The SMILES string of the molecule is Cn1c(N/N=C\c2ccc(OCc3ccccc3C#N)cc2)nc2ccccc21. The average Bonchev–Trinajstić information content (AvgIpc) is 3.09. The normalized spacial score (nSPS) is 10.9. The highest BCUT2D eigenvalue weighted by Gasteiger charge is 2.05. The maximum Gasteiger partial charge on any atom is 0.224 e. The van der Waals surface area contributed by atoms with Gasteiger partial charge in [-0.3, -0.25) is 0 Å². The summed E-state index contributed by atoms with van der Waals surface area (Å²) in [4.78, 5) is 4.52. The second-order valence-corrected chi connectivity index (χ2v) is 6.48. The minimum absolute atomic E-state index is 0.353. The Labute approximate surface area is 168 Å². The van der Waals surface area contributed by atoms with Crippen LogP contribution in [0.3, 0.4) is 0 Å². The Bertz CT molecular complexity index is 1200. The third kappa shape index (κ3) is 4.09. The average molecular weight is 381 g/mol. The van der Waals surface area contributed by atoms with Crippen LogP contribution in [0, 0.1) is 11.3 Å². The minimum atomic E-state index is 0.353. The van der Waals surface area contributed by atoms with E-state index in [-0.39, 0.29) is 0 Å². The number of anilines is 1. The molecule has 1 heterocycles. The van der Waals surface area contributed by atoms with Crippen molar-refractivity contribution in [1.29, 1.82) is 5.26 Å². The highest BCUT2D eigenvalue weighted by Crippen LogP contribution is 2.18. The van der Waals surface area contributed by atoms with Crippen LogP contribution >= 0.6 is 0 Å². The van der Waals surface area contributed by atoms with Gasteiger partial charge in [0.05, 0.1) is 28.9 Å². The molecule has 0 aliphatic heterocycles. The molecule has 0 saturated carbocycles. The lowest BCUT2D eigenvalue weighted by molar-refractivity contribution is 0.306. The van der Waals surface area contributed by atoms with Crippen LogP contribution in [0.1, 0.15) is 16.7 Å². The Morgan fingerprint density at radius 3 is 2.62 bits per heavy atom. The zero-order valence-electron chi connectivity index (χ0n) is 15.9. The summed E-state index contributed by atoms with van der Waals surface area (Å²) < 4.78 is 7.75. The van der Waals surface area contributed by atoms with E-state index in [4.69, 9.17) is 10.00 Å². The molecule has 0 radical (unpaired) electrons. The number of imidazole rings is 1. The summed E-state index contributed by atoms with van der Waals surface area (Å²) in [6.07, 6.45) is 1.73. The first-order valence-electron chi connectivity index (χ1n) is 9.16. The number of nitriles is 1. The molecular formula is C23H19N5O. The largest absolute Gasteiger partial charge is 0.489 e. The van der Waals surface area contributed by atoms with Crippen LogP contribution in [0.4, 0.5) is 5.95 Å². The van der Waals surface area contributed by atoms with Crippen LogP contribution in [0.25, 0.3) is 11.0 Å². The smallest absolute Gasteiger partial charge is 0.224 e. The van der Waals surface area contributed by atoms with Gasteiger partial charge in [-0.25, -0.2) is 10.4 Å². The number of hydrazone groups is 1. The quantitative estimate of drug-likeness (QED) is 0.395. The van der Waals surface area contributed by atoms with Gasteiger partial charge in [-0.1, -0.05) is 30.3 Å². The van der Waals surface area contributed by atoms with E-state index in [0.717, 1.165) is 27.9 Å². The van der Waals surface area contributed by atoms with Gasteiger partial charge in [0.15, 0.2) is 0 Å². The number of fused-ring (bicyclic) bond motifs is 1. The lowest BCUT2D eigenvalue weighted by Crippen LogP contribution is -1.99. The molecular weight excluding hydrogens is 362 g/mol. The first-order chi connectivity index (χ1) is 14.2. The Balaban J connectivity index is 1.37. The standard InChI is InChI=1S/C23H19N5O/c1-28-22-9-5-4-8-21(22)26-23(28)27-25-15-17-10-12-20(13-11-17)29-16-19-7-3-2-6-18(19)14-24/h2-13,15H,16H2,1H3,(H,26,27)/b25-15-. The van der Waals surface area contributed by atoms with Crippen molar-refractivity contribution in [2.24, 2.45) is 12.1 Å². The second-order valence-electron chi connectivity index (χ2n) is 6.48. The number of nitrogens with one attached hydrogen (secondary N) is 1. The summed E-state index contributed by atoms with van der Waals surface area (Å²) in [6, 6.07) is 25.1. The van der Waals surface area contributed by atoms with Crippen LogP contribution in [0.15, 0.2) is 77.9 Å². The van der Waals surface area contributed by atoms with E-state index in [1.54, 1.807) is 12.3 Å². The van der Waals surface area contributed by atoms with E-state index in [9.17, 15) is 0 Å². The van der Waals surface area contributed by atoms with Crippen molar-refractivity contribution in [3.05, 3.63) is 89.5 Å². The summed E-state index contributed by atoms with van der Waals surface area (Å²) in [6.45, 7) is 0.353. The van der Waals surface area contributed by atoms with E-state index < -0.39 is 0 Å². The number of hydrogen-bond donors (Lipinski definition) is 1. The van der Waals surface area contributed by atoms with Gasteiger partial charge < -0.3 is 9.30 Å². The number of aromatic nitrogens is 2. The highest BCUT2D eigenvalue weighted by molar-refractivity contribution is 5.81. The minimum Gasteiger partial charge on any atom is -0.489 e. The molecule has 0 amide bonds. The van der Waals surface area contributed by atoms with E-state index in [1.807, 2.05) is 78.3 Å². The molecule has 3 aromatic carbocycles. The Hall–Kier alpha value is -4.11. The maximum absolute atomic E-state index is 9.14. The van der Waals surface area contributed by atoms with Crippen molar-refractivity contribution < 1.29 is 4.74 Å². The Kier molecular flexibility index (Phi) is 5.21. The van der Waals surface area contributed by atoms with Gasteiger partial charge in [-0.15, -0.1) is 0 Å². The van der Waals surface area contributed by atoms with Crippen LogP contribution in [-0.2, 0) is 13.7 Å². The second kappa shape index (κ2) is 8.28. The molecule has 0 bridgehead atoms. The molecule has 6 nitrogen and oxygen atoms in total. The summed E-state index contributed by atoms with van der Waals surface area (Å²) in [7, 11) is 1.95. The molecule has 6 heteroatoms. The molecule has 1 N–H and O–H groups in total. The van der Waals surface area contributed by atoms with Crippen LogP contribution in [0.2, 0.25) is 0 Å². The van der Waals surface area contributed by atoms with Crippen LogP contribution < -0.4 is 10.2 Å². The molecule has 4 rings (SSSR count). The Morgan fingerprint density at radius 2 is 1.83 bits per heavy atom. The summed E-state index contributed by atoms with van der Waals surface area (Å²) >= 11 is 0. The first-order valence-corrected chi connectivity index (χ1v) is 9.16. The van der Waals surface area contributed by atoms with Gasteiger partial charge in [0.1, 0.15) is 12.4 Å². The molecule has 0 atom stereocenters. The maximum atomic E-state index is 9.14. The molecule has 0 spiro atoms. The lowest BCUT2D eigenvalue weighted by atomic mass is 10.1. The van der Waals surface area contributed by atoms with Gasteiger partial charge in [0.25, 0.3) is 0 Å². The van der Waals surface area contributed by atoms with Gasteiger partial charge >= 0.3 is 0 Å². The summed E-state index contributed by atoms with van der Waals surface area (Å²) in [5, 5.41) is 13.4. The summed E-state index contributed by atoms with van der Waals surface area (Å²) in [5.74, 6) is 1.41. The van der Waals surface area contributed by atoms with Crippen molar-refractivity contribution in [3.63, 3.8) is 0 Å². The summed E-state index contributed by atoms with van der Waals surface area (Å²) in [5.41, 5.74) is 7.38. The van der Waals surface area contributed by atoms with Gasteiger partial charge in [-0.05, 0) is 48.0 Å². The predicted octanol–water partition coefficient (Wildman–Crippen LogP) is 4.47. The van der Waals surface area contributed by atoms with Gasteiger partial charge in [0.2, 0.25) is 5.95 Å². The van der Waals surface area contributed by atoms with E-state index >= 15 is 0 Å². The lowest BCUT2D eigenvalue weighted by Gasteiger charge is -2.07. The monoisotopic (exact) mass is 381 g/mol. The van der Waals surface area contributed by atoms with E-state index in [2.05, 4.69) is 21.6 Å². The predicted molar refractivity (Wildman–Crippen MR) is 114 cm³/mol. The zero-order valence-corrected chi connectivity index (χ0v) is 15.9. The van der Waals surface area contributed by atoms with E-state index in [0.29, 0.717) is 18.1 Å². The molecule has 142 valence electrons. The van der Waals surface area contributed by atoms with Gasteiger partial charge in [-0.2, -0.15) is 10.4 Å². The van der Waals surface area contributed by atoms with Crippen LogP contribution in [-0.4, -0.2) is 15.8 Å². The van der Waals surface area contributed by atoms with Crippen molar-refractivity contribution >= 4 is 23.2 Å². The number of rotatable bonds is 6. The van der Waals surface area contributed by atoms with Crippen molar-refractivity contribution in [2.75, 3.05) is 5.43 Å². The van der Waals surface area contributed by atoms with E-state index in [1.165, 1.54) is 0 Å². The fraction of sp³-hybridized carbons (Fsp3) is 0.0870. The number of nitrogens with zero attached hydrogens (tertiary/aromatic N) is 4. The fourth-order valence-electron chi connectivity index (χ4n) is 2.98. The van der Waals surface area contributed by atoms with Crippen molar-refractivity contribution in [2.45, 2.75) is 6.61 Å². The number of hydrogen-bond acceptors (Lipinski definition) is 5. The third-order valence-electron chi connectivity index (χ3n) is 4.58. The number of aryl methyl sites for hydroxylation is 1. The highest BCUT2D eigenvalue weighted by atomic mass is 16.5. The topological polar surface area (TPSA) is 75.2 Å². The molecule has 0 fully saturated rings. The molecule has 4 aromatic rings. The van der Waals surface area contributed by atoms with Crippen LogP contribution in [0.5, 0.6) is 5.75 Å². The van der Waals surface area contributed by atoms with Gasteiger partial charge in [0, 0.05) is 12.6 Å². The molecule has 0 unspecified atom stereocenters. The first kappa shape index (κ1) is 18.3. The number of ether oxygens (including phenoxy) is 1. The third-order valence-corrected chi connectivity index (χ3v) is 4.58. The molecule has 0 aliphatic rings. The molecule has 29 heavy (non-hydrogen) atoms. The van der Waals surface area contributed by atoms with Crippen molar-refractivity contribution in [1.82, 2.24) is 9.55 Å². The molecule has 1 aromatic heterocycles. The number of benzene rings is 3. The fourth-order valence-corrected chi connectivity index (χ4v) is 2.98. The molecule has 0 aliphatic carbocycles. The Morgan fingerprint density at radius 1 is 1.07 bits per heavy atom. The number of para-hydroxylation sites is 2. The van der Waals surface area contributed by atoms with Crippen molar-refractivity contribution in [3.8, 4) is 11.8 Å². The zero-order chi connectivity index (χ0) is 20.1.